The standard InChI is InChI=1S/C9H13NO3/c1-8(12)13-9(10(2)3)6-4-5-7-11/h4-7H,1-3H3/b5-4+,9-6+. The third-order valence-corrected chi connectivity index (χ3v) is 1.12. The number of hydrogen-bond acceptors (Lipinski definition) is 4. The van der Waals surface area contributed by atoms with E-state index in [4.69, 9.17) is 4.74 Å². The first-order valence-electron chi connectivity index (χ1n) is 3.75. The van der Waals surface area contributed by atoms with Crippen molar-refractivity contribution in [2.75, 3.05) is 14.1 Å². The molecule has 0 aromatic rings. The third-order valence-electron chi connectivity index (χ3n) is 1.12. The fourth-order valence-electron chi connectivity index (χ4n) is 0.605. The molecule has 0 aliphatic rings. The Morgan fingerprint density at radius 1 is 1.31 bits per heavy atom. The summed E-state index contributed by atoms with van der Waals surface area (Å²) in [4.78, 5) is 22.2. The normalized spacial score (nSPS) is 11.5. The SMILES string of the molecule is CC(=O)O/C(=C/C=C/C=O)N(C)C. The van der Waals surface area contributed by atoms with Crippen LogP contribution in [-0.2, 0) is 14.3 Å². The first-order chi connectivity index (χ1) is 6.07. The molecule has 13 heavy (non-hydrogen) atoms. The van der Waals surface area contributed by atoms with Crippen molar-refractivity contribution in [1.29, 1.82) is 0 Å². The van der Waals surface area contributed by atoms with Gasteiger partial charge >= 0.3 is 5.97 Å². The largest absolute Gasteiger partial charge is 0.410 e. The molecule has 72 valence electrons. The topological polar surface area (TPSA) is 46.6 Å². The van der Waals surface area contributed by atoms with E-state index >= 15 is 0 Å². The molecule has 0 rings (SSSR count). The number of carbonyl (C=O) groups excluding carboxylic acids is 2. The molecule has 0 N–H and O–H groups in total. The van der Waals surface area contributed by atoms with Gasteiger partial charge in [-0.3, -0.25) is 9.59 Å². The highest BCUT2D eigenvalue weighted by Crippen LogP contribution is 2.01. The van der Waals surface area contributed by atoms with E-state index in [0.29, 0.717) is 12.2 Å². The van der Waals surface area contributed by atoms with Gasteiger partial charge in [0.05, 0.1) is 0 Å². The van der Waals surface area contributed by atoms with Crippen LogP contribution in [0, 0.1) is 0 Å². The van der Waals surface area contributed by atoms with Gasteiger partial charge in [-0.05, 0) is 12.2 Å². The molecular formula is C9H13NO3. The van der Waals surface area contributed by atoms with Crippen LogP contribution >= 0.6 is 0 Å². The minimum absolute atomic E-state index is 0.389. The lowest BCUT2D eigenvalue weighted by Gasteiger charge is -2.14. The number of hydrogen-bond donors (Lipinski definition) is 0. The molecule has 0 saturated carbocycles. The fraction of sp³-hybridized carbons (Fsp3) is 0.333. The van der Waals surface area contributed by atoms with Crippen LogP contribution < -0.4 is 0 Å². The second-order valence-corrected chi connectivity index (χ2v) is 2.51. The van der Waals surface area contributed by atoms with E-state index in [0.717, 1.165) is 0 Å². The lowest BCUT2D eigenvalue weighted by atomic mass is 10.4. The van der Waals surface area contributed by atoms with E-state index in [1.54, 1.807) is 19.0 Å². The molecule has 0 spiro atoms. The second kappa shape index (κ2) is 5.99. The summed E-state index contributed by atoms with van der Waals surface area (Å²) in [6.45, 7) is 1.32. The maximum Gasteiger partial charge on any atom is 0.309 e. The lowest BCUT2D eigenvalue weighted by Crippen LogP contribution is -2.15. The third kappa shape index (κ3) is 5.66. The quantitative estimate of drug-likeness (QED) is 0.212. The van der Waals surface area contributed by atoms with Crippen LogP contribution in [-0.4, -0.2) is 31.3 Å². The number of ether oxygens (including phenoxy) is 1. The van der Waals surface area contributed by atoms with Crippen molar-refractivity contribution in [2.45, 2.75) is 6.92 Å². The van der Waals surface area contributed by atoms with Gasteiger partial charge in [0.15, 0.2) is 5.88 Å². The van der Waals surface area contributed by atoms with Crippen molar-refractivity contribution in [3.8, 4) is 0 Å². The van der Waals surface area contributed by atoms with E-state index in [1.807, 2.05) is 0 Å². The van der Waals surface area contributed by atoms with E-state index < -0.39 is 0 Å². The Balaban J connectivity index is 4.40. The summed E-state index contributed by atoms with van der Waals surface area (Å²) in [6.07, 6.45) is 5.01. The van der Waals surface area contributed by atoms with Gasteiger partial charge in [-0.2, -0.15) is 0 Å². The zero-order chi connectivity index (χ0) is 10.3. The predicted molar refractivity (Wildman–Crippen MR) is 48.7 cm³/mol. The van der Waals surface area contributed by atoms with Crippen LogP contribution in [0.2, 0.25) is 0 Å². The van der Waals surface area contributed by atoms with Crippen LogP contribution in [0.15, 0.2) is 24.1 Å². The summed E-state index contributed by atoms with van der Waals surface area (Å²) in [5, 5.41) is 0. The summed E-state index contributed by atoms with van der Waals surface area (Å²) < 4.78 is 4.84. The average molecular weight is 183 g/mol. The number of allylic oxidation sites excluding steroid dienone is 3. The first kappa shape index (κ1) is 11.4. The van der Waals surface area contributed by atoms with Gasteiger partial charge in [-0.25, -0.2) is 0 Å². The van der Waals surface area contributed by atoms with E-state index in [9.17, 15) is 9.59 Å². The number of rotatable bonds is 4. The van der Waals surface area contributed by atoms with E-state index in [-0.39, 0.29) is 5.97 Å². The van der Waals surface area contributed by atoms with Gasteiger partial charge in [0.1, 0.15) is 6.29 Å². The molecule has 0 atom stereocenters. The summed E-state index contributed by atoms with van der Waals surface area (Å²) >= 11 is 0. The van der Waals surface area contributed by atoms with Crippen LogP contribution in [0.5, 0.6) is 0 Å². The lowest BCUT2D eigenvalue weighted by molar-refractivity contribution is -0.138. The highest BCUT2D eigenvalue weighted by Gasteiger charge is 2.01. The molecule has 4 nitrogen and oxygen atoms in total. The molecule has 0 unspecified atom stereocenters. The van der Waals surface area contributed by atoms with Gasteiger partial charge in [0, 0.05) is 21.0 Å². The van der Waals surface area contributed by atoms with Crippen molar-refractivity contribution < 1.29 is 14.3 Å². The second-order valence-electron chi connectivity index (χ2n) is 2.51. The molecule has 0 bridgehead atoms. The Morgan fingerprint density at radius 3 is 2.31 bits per heavy atom. The van der Waals surface area contributed by atoms with Crippen molar-refractivity contribution in [1.82, 2.24) is 4.90 Å². The Labute approximate surface area is 77.5 Å². The van der Waals surface area contributed by atoms with E-state index in [2.05, 4.69) is 0 Å². The van der Waals surface area contributed by atoms with Gasteiger partial charge in [0.2, 0.25) is 0 Å². The molecule has 0 heterocycles. The van der Waals surface area contributed by atoms with Crippen molar-refractivity contribution in [3.63, 3.8) is 0 Å². The molecule has 4 heteroatoms. The molecule has 0 saturated heterocycles. The Morgan fingerprint density at radius 2 is 1.92 bits per heavy atom. The van der Waals surface area contributed by atoms with Crippen molar-refractivity contribution in [3.05, 3.63) is 24.1 Å². The molecule has 0 fully saturated rings. The summed E-state index contributed by atoms with van der Waals surface area (Å²) in [6, 6.07) is 0. The number of carbonyl (C=O) groups is 2. The Hall–Kier alpha value is -1.58. The summed E-state index contributed by atoms with van der Waals surface area (Å²) in [5.41, 5.74) is 0. The fourth-order valence-corrected chi connectivity index (χ4v) is 0.605. The van der Waals surface area contributed by atoms with Gasteiger partial charge in [0.25, 0.3) is 0 Å². The smallest absolute Gasteiger partial charge is 0.309 e. The molecule has 0 aromatic carbocycles. The molecule has 0 aliphatic carbocycles. The Bertz CT molecular complexity index is 241. The monoisotopic (exact) mass is 183 g/mol. The minimum Gasteiger partial charge on any atom is -0.410 e. The molecule has 0 aromatic heterocycles. The maximum absolute atomic E-state index is 10.6. The summed E-state index contributed by atoms with van der Waals surface area (Å²) in [5.74, 6) is 0.00468. The van der Waals surface area contributed by atoms with Crippen molar-refractivity contribution in [2.24, 2.45) is 0 Å². The minimum atomic E-state index is -0.389. The average Bonchev–Trinajstić information content (AvgIpc) is 2.02. The number of esters is 1. The predicted octanol–water partition coefficient (Wildman–Crippen LogP) is 0.708. The zero-order valence-corrected chi connectivity index (χ0v) is 7.98. The zero-order valence-electron chi connectivity index (χ0n) is 7.98. The van der Waals surface area contributed by atoms with Crippen LogP contribution in [0.1, 0.15) is 6.92 Å². The number of nitrogens with zero attached hydrogens (tertiary/aromatic N) is 1. The van der Waals surface area contributed by atoms with E-state index in [1.165, 1.54) is 25.2 Å². The van der Waals surface area contributed by atoms with Crippen molar-refractivity contribution >= 4 is 12.3 Å². The highest BCUT2D eigenvalue weighted by molar-refractivity contribution is 5.67. The van der Waals surface area contributed by atoms with Crippen LogP contribution in [0.25, 0.3) is 0 Å². The van der Waals surface area contributed by atoms with Crippen LogP contribution in [0.3, 0.4) is 0 Å². The maximum atomic E-state index is 10.6. The Kier molecular flexibility index (Phi) is 5.27. The van der Waals surface area contributed by atoms with Gasteiger partial charge < -0.3 is 9.64 Å². The number of aldehydes is 1. The highest BCUT2D eigenvalue weighted by atomic mass is 16.5. The molecule has 0 aliphatic heterocycles. The molecular weight excluding hydrogens is 170 g/mol. The molecule has 0 amide bonds. The first-order valence-corrected chi connectivity index (χ1v) is 3.75. The van der Waals surface area contributed by atoms with Gasteiger partial charge in [-0.15, -0.1) is 0 Å². The van der Waals surface area contributed by atoms with Gasteiger partial charge in [-0.1, -0.05) is 6.08 Å². The molecule has 0 radical (unpaired) electrons. The summed E-state index contributed by atoms with van der Waals surface area (Å²) in [7, 11) is 3.48. The van der Waals surface area contributed by atoms with Crippen LogP contribution in [0.4, 0.5) is 0 Å².